The van der Waals surface area contributed by atoms with E-state index in [0.717, 1.165) is 4.24 Å². The van der Waals surface area contributed by atoms with Crippen molar-refractivity contribution in [2.24, 2.45) is 0 Å². The van der Waals surface area contributed by atoms with Crippen molar-refractivity contribution in [2.45, 2.75) is 26.6 Å². The molecule has 2 nitrogen and oxygen atoms in total. The van der Waals surface area contributed by atoms with Crippen molar-refractivity contribution in [1.29, 1.82) is 0 Å². The number of hydrogen-bond acceptors (Lipinski definition) is 4. The van der Waals surface area contributed by atoms with E-state index in [4.69, 9.17) is 9.16 Å². The molecule has 0 unspecified atom stereocenters. The SMILES string of the molecule is CCOC(O[Si](C)(C)C)=C1SC=CS1. The Bertz CT molecular complexity index is 246. The Labute approximate surface area is 95.3 Å². The van der Waals surface area contributed by atoms with Crippen molar-refractivity contribution in [1.82, 2.24) is 0 Å². The zero-order valence-corrected chi connectivity index (χ0v) is 11.6. The van der Waals surface area contributed by atoms with Gasteiger partial charge in [0.25, 0.3) is 5.95 Å². The lowest BCUT2D eigenvalue weighted by Gasteiger charge is -2.22. The van der Waals surface area contributed by atoms with Crippen molar-refractivity contribution < 1.29 is 9.16 Å². The van der Waals surface area contributed by atoms with Crippen LogP contribution in [-0.4, -0.2) is 14.9 Å². The van der Waals surface area contributed by atoms with Gasteiger partial charge in [-0.3, -0.25) is 0 Å². The van der Waals surface area contributed by atoms with E-state index < -0.39 is 8.32 Å². The van der Waals surface area contributed by atoms with E-state index >= 15 is 0 Å². The molecule has 1 rings (SSSR count). The molecule has 80 valence electrons. The number of hydrogen-bond donors (Lipinski definition) is 0. The highest BCUT2D eigenvalue weighted by molar-refractivity contribution is 8.27. The summed E-state index contributed by atoms with van der Waals surface area (Å²) in [5.41, 5.74) is 0. The second-order valence-corrected chi connectivity index (χ2v) is 10.2. The van der Waals surface area contributed by atoms with E-state index in [2.05, 4.69) is 19.6 Å². The fourth-order valence-corrected chi connectivity index (χ4v) is 3.35. The molecule has 0 aromatic carbocycles. The summed E-state index contributed by atoms with van der Waals surface area (Å²) < 4.78 is 12.5. The van der Waals surface area contributed by atoms with Crippen molar-refractivity contribution in [3.8, 4) is 0 Å². The van der Waals surface area contributed by atoms with Crippen LogP contribution in [0.2, 0.25) is 19.6 Å². The Hall–Kier alpha value is -0.00312. The van der Waals surface area contributed by atoms with Crippen LogP contribution >= 0.6 is 23.5 Å². The Morgan fingerprint density at radius 1 is 1.29 bits per heavy atom. The first-order valence-corrected chi connectivity index (χ1v) is 9.74. The molecule has 0 aromatic heterocycles. The van der Waals surface area contributed by atoms with Crippen LogP contribution in [0.25, 0.3) is 0 Å². The third-order valence-corrected chi connectivity index (χ3v) is 4.10. The summed E-state index contributed by atoms with van der Waals surface area (Å²) in [6, 6.07) is 0. The molecule has 0 aliphatic carbocycles. The second kappa shape index (κ2) is 5.18. The quantitative estimate of drug-likeness (QED) is 0.553. The standard InChI is InChI=1S/C9H16O2S2Si/c1-5-10-8(11-14(2,3)4)9-12-6-7-13-9/h6-7H,5H2,1-4H3. The first-order valence-electron chi connectivity index (χ1n) is 4.57. The molecule has 1 aliphatic rings. The topological polar surface area (TPSA) is 18.5 Å². The molecule has 0 aromatic rings. The van der Waals surface area contributed by atoms with Crippen LogP contribution in [0.5, 0.6) is 0 Å². The van der Waals surface area contributed by atoms with E-state index in [1.54, 1.807) is 23.5 Å². The molecule has 0 saturated carbocycles. The maximum atomic E-state index is 5.88. The summed E-state index contributed by atoms with van der Waals surface area (Å²) in [6.45, 7) is 9.11. The van der Waals surface area contributed by atoms with Gasteiger partial charge >= 0.3 is 0 Å². The average molecular weight is 248 g/mol. The summed E-state index contributed by atoms with van der Waals surface area (Å²) in [4.78, 5) is 0. The smallest absolute Gasteiger partial charge is 0.287 e. The van der Waals surface area contributed by atoms with E-state index in [0.29, 0.717) is 12.6 Å². The van der Waals surface area contributed by atoms with E-state index in [1.807, 2.05) is 17.7 Å². The predicted octanol–water partition coefficient (Wildman–Crippen LogP) is 3.95. The molecule has 0 radical (unpaired) electrons. The average Bonchev–Trinajstić information content (AvgIpc) is 2.52. The lowest BCUT2D eigenvalue weighted by Crippen LogP contribution is -2.26. The van der Waals surface area contributed by atoms with Crippen molar-refractivity contribution in [3.63, 3.8) is 0 Å². The van der Waals surface area contributed by atoms with E-state index in [1.165, 1.54) is 0 Å². The molecule has 0 atom stereocenters. The molecule has 0 N–H and O–H groups in total. The highest BCUT2D eigenvalue weighted by Gasteiger charge is 2.22. The molecule has 1 aliphatic heterocycles. The van der Waals surface area contributed by atoms with Crippen LogP contribution in [0.3, 0.4) is 0 Å². The highest BCUT2D eigenvalue weighted by Crippen LogP contribution is 2.40. The van der Waals surface area contributed by atoms with E-state index in [9.17, 15) is 0 Å². The van der Waals surface area contributed by atoms with E-state index in [-0.39, 0.29) is 0 Å². The monoisotopic (exact) mass is 248 g/mol. The summed E-state index contributed by atoms with van der Waals surface area (Å²) in [5, 5.41) is 4.10. The number of thioether (sulfide) groups is 2. The van der Waals surface area contributed by atoms with Crippen LogP contribution in [-0.2, 0) is 9.16 Å². The van der Waals surface area contributed by atoms with Gasteiger partial charge in [-0.2, -0.15) is 0 Å². The second-order valence-electron chi connectivity index (χ2n) is 3.73. The van der Waals surface area contributed by atoms with Crippen LogP contribution in [0.1, 0.15) is 6.92 Å². The Morgan fingerprint density at radius 2 is 1.86 bits per heavy atom. The number of ether oxygens (including phenoxy) is 1. The zero-order chi connectivity index (χ0) is 10.6. The van der Waals surface area contributed by atoms with Crippen LogP contribution in [0.4, 0.5) is 0 Å². The van der Waals surface area contributed by atoms with Crippen LogP contribution in [0.15, 0.2) is 21.0 Å². The van der Waals surface area contributed by atoms with Crippen LogP contribution < -0.4 is 0 Å². The summed E-state index contributed by atoms with van der Waals surface area (Å²) >= 11 is 3.33. The minimum absolute atomic E-state index is 0.657. The molecule has 0 spiro atoms. The van der Waals surface area contributed by atoms with Gasteiger partial charge in [0.2, 0.25) is 8.32 Å². The summed E-state index contributed by atoms with van der Waals surface area (Å²) in [5.74, 6) is 0.715. The van der Waals surface area contributed by atoms with Gasteiger partial charge in [-0.25, -0.2) is 0 Å². The minimum Gasteiger partial charge on any atom is -0.519 e. The Morgan fingerprint density at radius 3 is 2.29 bits per heavy atom. The van der Waals surface area contributed by atoms with Gasteiger partial charge in [-0.05, 0) is 37.4 Å². The molecule has 0 bridgehead atoms. The number of rotatable bonds is 4. The molecule has 0 amide bonds. The third-order valence-electron chi connectivity index (χ3n) is 1.25. The van der Waals surface area contributed by atoms with Crippen LogP contribution in [0, 0.1) is 0 Å². The van der Waals surface area contributed by atoms with Crippen molar-refractivity contribution in [2.75, 3.05) is 6.61 Å². The molecule has 0 fully saturated rings. The largest absolute Gasteiger partial charge is 0.519 e. The van der Waals surface area contributed by atoms with Gasteiger partial charge in [0.15, 0.2) is 0 Å². The molecular weight excluding hydrogens is 232 g/mol. The third kappa shape index (κ3) is 4.02. The minimum atomic E-state index is -1.56. The molecule has 0 saturated heterocycles. The van der Waals surface area contributed by atoms with Crippen molar-refractivity contribution >= 4 is 31.8 Å². The lowest BCUT2D eigenvalue weighted by atomic mass is 10.8. The molecule has 1 heterocycles. The normalized spacial score (nSPS) is 15.9. The Balaban J connectivity index is 2.69. The summed E-state index contributed by atoms with van der Waals surface area (Å²) in [6.07, 6.45) is 0. The van der Waals surface area contributed by atoms with Gasteiger partial charge in [-0.1, -0.05) is 23.5 Å². The summed E-state index contributed by atoms with van der Waals surface area (Å²) in [7, 11) is -1.56. The first kappa shape index (κ1) is 12.1. The fraction of sp³-hybridized carbons (Fsp3) is 0.556. The maximum absolute atomic E-state index is 5.88. The van der Waals surface area contributed by atoms with Gasteiger partial charge < -0.3 is 9.16 Å². The van der Waals surface area contributed by atoms with Crippen molar-refractivity contribution in [3.05, 3.63) is 21.0 Å². The van der Waals surface area contributed by atoms with Gasteiger partial charge in [0, 0.05) is 0 Å². The first-order chi connectivity index (χ1) is 6.53. The molecule has 5 heteroatoms. The predicted molar refractivity (Wildman–Crippen MR) is 67.4 cm³/mol. The molecule has 14 heavy (non-hydrogen) atoms. The zero-order valence-electron chi connectivity index (χ0n) is 8.99. The van der Waals surface area contributed by atoms with Gasteiger partial charge in [0.05, 0.1) is 6.61 Å². The highest BCUT2D eigenvalue weighted by atomic mass is 32.2. The van der Waals surface area contributed by atoms with Gasteiger partial charge in [-0.15, -0.1) is 0 Å². The van der Waals surface area contributed by atoms with Gasteiger partial charge in [0.1, 0.15) is 4.24 Å². The lowest BCUT2D eigenvalue weighted by molar-refractivity contribution is 0.113. The maximum Gasteiger partial charge on any atom is 0.287 e. The fourth-order valence-electron chi connectivity index (χ4n) is 0.842. The molecular formula is C9H16O2S2Si. The Kier molecular flexibility index (Phi) is 4.47.